The number of nitriles is 1. The molecule has 1 fully saturated rings. The van der Waals surface area contributed by atoms with Crippen molar-refractivity contribution in [2.75, 3.05) is 6.54 Å². The van der Waals surface area contributed by atoms with Crippen LogP contribution in [0.3, 0.4) is 0 Å². The summed E-state index contributed by atoms with van der Waals surface area (Å²) in [5, 5.41) is 11.6. The second-order valence-corrected chi connectivity index (χ2v) is 4.21. The number of rotatable bonds is 5. The highest BCUT2D eigenvalue weighted by molar-refractivity contribution is 5.74. The molecule has 1 aliphatic carbocycles. The zero-order chi connectivity index (χ0) is 11.1. The van der Waals surface area contributed by atoms with Crippen LogP contribution in [0.4, 0.5) is 0 Å². The lowest BCUT2D eigenvalue weighted by atomic mass is 9.82. The molecular weight excluding hydrogens is 190 g/mol. The molecule has 1 saturated carbocycles. The lowest BCUT2D eigenvalue weighted by Crippen LogP contribution is -2.40. The molecule has 0 aromatic carbocycles. The SMILES string of the molecule is N#CCNC(CC(N)=O)C1CCCCC1. The molecule has 4 nitrogen and oxygen atoms in total. The summed E-state index contributed by atoms with van der Waals surface area (Å²) in [5.41, 5.74) is 5.21. The molecule has 0 aromatic rings. The van der Waals surface area contributed by atoms with E-state index in [-0.39, 0.29) is 11.9 Å². The molecule has 1 aliphatic rings. The van der Waals surface area contributed by atoms with Gasteiger partial charge in [-0.3, -0.25) is 4.79 Å². The smallest absolute Gasteiger partial charge is 0.218 e. The van der Waals surface area contributed by atoms with Crippen molar-refractivity contribution >= 4 is 5.91 Å². The summed E-state index contributed by atoms with van der Waals surface area (Å²) in [6.45, 7) is 0.300. The fourth-order valence-corrected chi connectivity index (χ4v) is 2.34. The summed E-state index contributed by atoms with van der Waals surface area (Å²) in [6, 6.07) is 2.15. The Balaban J connectivity index is 2.45. The van der Waals surface area contributed by atoms with E-state index in [1.165, 1.54) is 19.3 Å². The van der Waals surface area contributed by atoms with Crippen LogP contribution in [-0.2, 0) is 4.79 Å². The van der Waals surface area contributed by atoms with Crippen LogP contribution in [0.25, 0.3) is 0 Å². The van der Waals surface area contributed by atoms with E-state index in [9.17, 15) is 4.79 Å². The maximum Gasteiger partial charge on any atom is 0.218 e. The van der Waals surface area contributed by atoms with Gasteiger partial charge in [0.15, 0.2) is 0 Å². The Morgan fingerprint density at radius 2 is 2.13 bits per heavy atom. The van der Waals surface area contributed by atoms with E-state index in [1.54, 1.807) is 0 Å². The van der Waals surface area contributed by atoms with Crippen molar-refractivity contribution in [1.29, 1.82) is 5.26 Å². The van der Waals surface area contributed by atoms with Crippen molar-refractivity contribution in [1.82, 2.24) is 5.32 Å². The standard InChI is InChI=1S/C11H19N3O/c12-6-7-14-10(8-11(13)15)9-4-2-1-3-5-9/h9-10,14H,1-5,7-8H2,(H2,13,15). The third-order valence-corrected chi connectivity index (χ3v) is 3.08. The number of amides is 1. The van der Waals surface area contributed by atoms with E-state index in [2.05, 4.69) is 5.32 Å². The lowest BCUT2D eigenvalue weighted by molar-refractivity contribution is -0.118. The van der Waals surface area contributed by atoms with Gasteiger partial charge >= 0.3 is 0 Å². The normalized spacial score (nSPS) is 19.4. The third kappa shape index (κ3) is 4.30. The molecule has 0 bridgehead atoms. The maximum absolute atomic E-state index is 10.9. The Morgan fingerprint density at radius 1 is 1.47 bits per heavy atom. The second-order valence-electron chi connectivity index (χ2n) is 4.21. The summed E-state index contributed by atoms with van der Waals surface area (Å²) in [6.07, 6.45) is 6.40. The van der Waals surface area contributed by atoms with Crippen LogP contribution in [0, 0.1) is 17.2 Å². The first-order chi connectivity index (χ1) is 7.24. The fourth-order valence-electron chi connectivity index (χ4n) is 2.34. The average molecular weight is 209 g/mol. The number of carbonyl (C=O) groups excluding carboxylic acids is 1. The Morgan fingerprint density at radius 3 is 2.67 bits per heavy atom. The van der Waals surface area contributed by atoms with Gasteiger partial charge in [0.2, 0.25) is 5.91 Å². The molecule has 0 saturated heterocycles. The van der Waals surface area contributed by atoms with Crippen LogP contribution in [0.1, 0.15) is 38.5 Å². The summed E-state index contributed by atoms with van der Waals surface area (Å²) in [7, 11) is 0. The van der Waals surface area contributed by atoms with E-state index >= 15 is 0 Å². The first kappa shape index (κ1) is 12.0. The van der Waals surface area contributed by atoms with E-state index in [4.69, 9.17) is 11.0 Å². The molecule has 0 spiro atoms. The van der Waals surface area contributed by atoms with Gasteiger partial charge in [0, 0.05) is 12.5 Å². The molecule has 0 heterocycles. The van der Waals surface area contributed by atoms with Gasteiger partial charge in [-0.2, -0.15) is 5.26 Å². The predicted molar refractivity (Wildman–Crippen MR) is 57.8 cm³/mol. The van der Waals surface area contributed by atoms with Crippen molar-refractivity contribution in [3.05, 3.63) is 0 Å². The van der Waals surface area contributed by atoms with Crippen LogP contribution in [-0.4, -0.2) is 18.5 Å². The van der Waals surface area contributed by atoms with Gasteiger partial charge in [0.1, 0.15) is 0 Å². The molecule has 0 aliphatic heterocycles. The van der Waals surface area contributed by atoms with Gasteiger partial charge in [-0.05, 0) is 18.8 Å². The molecule has 15 heavy (non-hydrogen) atoms. The minimum Gasteiger partial charge on any atom is -0.370 e. The molecule has 0 aromatic heterocycles. The molecule has 1 rings (SSSR count). The van der Waals surface area contributed by atoms with Gasteiger partial charge in [-0.15, -0.1) is 0 Å². The summed E-state index contributed by atoms with van der Waals surface area (Å²) in [4.78, 5) is 10.9. The van der Waals surface area contributed by atoms with Crippen molar-refractivity contribution in [3.63, 3.8) is 0 Å². The Kier molecular flexibility index (Phi) is 5.13. The van der Waals surface area contributed by atoms with Crippen LogP contribution in [0.5, 0.6) is 0 Å². The summed E-state index contributed by atoms with van der Waals surface area (Å²) >= 11 is 0. The maximum atomic E-state index is 10.9. The Bertz CT molecular complexity index is 241. The monoisotopic (exact) mass is 209 g/mol. The fraction of sp³-hybridized carbons (Fsp3) is 0.818. The number of carbonyl (C=O) groups is 1. The van der Waals surface area contributed by atoms with Crippen molar-refractivity contribution < 1.29 is 4.79 Å². The molecule has 0 radical (unpaired) electrons. The van der Waals surface area contributed by atoms with Crippen LogP contribution in [0.2, 0.25) is 0 Å². The topological polar surface area (TPSA) is 78.9 Å². The lowest BCUT2D eigenvalue weighted by Gasteiger charge is -2.29. The first-order valence-electron chi connectivity index (χ1n) is 5.62. The van der Waals surface area contributed by atoms with E-state index in [0.717, 1.165) is 12.8 Å². The van der Waals surface area contributed by atoms with Crippen LogP contribution in [0.15, 0.2) is 0 Å². The number of hydrogen-bond acceptors (Lipinski definition) is 3. The summed E-state index contributed by atoms with van der Waals surface area (Å²) in [5.74, 6) is 0.232. The quantitative estimate of drug-likeness (QED) is 0.661. The van der Waals surface area contributed by atoms with Crippen LogP contribution < -0.4 is 11.1 Å². The Hall–Kier alpha value is -1.08. The van der Waals surface area contributed by atoms with Crippen molar-refractivity contribution in [2.24, 2.45) is 11.7 Å². The van der Waals surface area contributed by atoms with Crippen LogP contribution >= 0.6 is 0 Å². The van der Waals surface area contributed by atoms with E-state index in [0.29, 0.717) is 18.9 Å². The second kappa shape index (κ2) is 6.41. The highest BCUT2D eigenvalue weighted by Gasteiger charge is 2.24. The molecule has 1 unspecified atom stereocenters. The number of nitrogens with zero attached hydrogens (tertiary/aromatic N) is 1. The Labute approximate surface area is 90.8 Å². The molecule has 1 amide bonds. The number of nitrogens with one attached hydrogen (secondary N) is 1. The molecule has 3 N–H and O–H groups in total. The summed E-state index contributed by atoms with van der Waals surface area (Å²) < 4.78 is 0. The number of primary amides is 1. The van der Waals surface area contributed by atoms with Gasteiger partial charge < -0.3 is 11.1 Å². The average Bonchev–Trinajstić information content (AvgIpc) is 2.25. The van der Waals surface area contributed by atoms with Gasteiger partial charge in [0.25, 0.3) is 0 Å². The molecule has 84 valence electrons. The molecule has 4 heteroatoms. The minimum absolute atomic E-state index is 0.0995. The highest BCUT2D eigenvalue weighted by Crippen LogP contribution is 2.27. The molecular formula is C11H19N3O. The van der Waals surface area contributed by atoms with Gasteiger partial charge in [0.05, 0.1) is 12.6 Å². The third-order valence-electron chi connectivity index (χ3n) is 3.08. The molecule has 1 atom stereocenters. The van der Waals surface area contributed by atoms with Crippen molar-refractivity contribution in [3.8, 4) is 6.07 Å². The minimum atomic E-state index is -0.281. The van der Waals surface area contributed by atoms with Crippen molar-refractivity contribution in [2.45, 2.75) is 44.6 Å². The number of hydrogen-bond donors (Lipinski definition) is 2. The number of nitrogens with two attached hydrogens (primary N) is 1. The zero-order valence-corrected chi connectivity index (χ0v) is 9.04. The highest BCUT2D eigenvalue weighted by atomic mass is 16.1. The van der Waals surface area contributed by atoms with Gasteiger partial charge in [-0.25, -0.2) is 0 Å². The zero-order valence-electron chi connectivity index (χ0n) is 9.04. The van der Waals surface area contributed by atoms with Gasteiger partial charge in [-0.1, -0.05) is 19.3 Å². The van der Waals surface area contributed by atoms with E-state index < -0.39 is 0 Å². The predicted octanol–water partition coefficient (Wildman–Crippen LogP) is 0.924. The largest absolute Gasteiger partial charge is 0.370 e. The first-order valence-corrected chi connectivity index (χ1v) is 5.62. The van der Waals surface area contributed by atoms with E-state index in [1.807, 2.05) is 6.07 Å².